The first-order chi connectivity index (χ1) is 9.74. The topological polar surface area (TPSA) is 89.3 Å². The number of ether oxygens (including phenoxy) is 1. The third-order valence-corrected chi connectivity index (χ3v) is 2.83. The maximum Gasteiger partial charge on any atom is 0.255 e. The van der Waals surface area contributed by atoms with Crippen LogP contribution in [0.2, 0.25) is 0 Å². The molecule has 0 aliphatic carbocycles. The fourth-order valence-corrected chi connectivity index (χ4v) is 1.72. The number of anilines is 1. The van der Waals surface area contributed by atoms with Gasteiger partial charge in [-0.2, -0.15) is 0 Å². The lowest BCUT2D eigenvalue weighted by atomic mass is 10.2. The Morgan fingerprint density at radius 1 is 1.30 bits per heavy atom. The summed E-state index contributed by atoms with van der Waals surface area (Å²) in [5.41, 5.74) is 4.39. The van der Waals surface area contributed by atoms with Crippen LogP contribution >= 0.6 is 0 Å². The first kappa shape index (κ1) is 13.8. The van der Waals surface area contributed by atoms with Gasteiger partial charge in [-0.25, -0.2) is 0 Å². The van der Waals surface area contributed by atoms with E-state index in [1.54, 1.807) is 19.4 Å². The number of hydrogen-bond acceptors (Lipinski definition) is 5. The molecule has 0 bridgehead atoms. The monoisotopic (exact) mass is 272 g/mol. The van der Waals surface area contributed by atoms with Crippen molar-refractivity contribution in [2.45, 2.75) is 6.54 Å². The Kier molecular flexibility index (Phi) is 4.52. The molecule has 0 spiro atoms. The molecule has 4 N–H and O–H groups in total. The number of rotatable bonds is 5. The highest BCUT2D eigenvalue weighted by Gasteiger charge is 2.10. The van der Waals surface area contributed by atoms with Gasteiger partial charge in [0.2, 0.25) is 0 Å². The standard InChI is InChI=1S/C14H16N4O2/c1-20-11-4-2-10(3-5-11)8-17-14(19)12-9-16-7-6-13(12)18-15/h2-7,9H,8,15H2,1H3,(H,16,18)(H,17,19). The van der Waals surface area contributed by atoms with Crippen LogP contribution in [0.25, 0.3) is 0 Å². The number of amides is 1. The Bertz CT molecular complexity index is 584. The first-order valence-electron chi connectivity index (χ1n) is 6.06. The number of methoxy groups -OCH3 is 1. The largest absolute Gasteiger partial charge is 0.497 e. The van der Waals surface area contributed by atoms with E-state index in [4.69, 9.17) is 10.6 Å². The lowest BCUT2D eigenvalue weighted by Crippen LogP contribution is -2.25. The van der Waals surface area contributed by atoms with Crippen LogP contribution in [0.4, 0.5) is 5.69 Å². The van der Waals surface area contributed by atoms with Gasteiger partial charge in [0.25, 0.3) is 5.91 Å². The highest BCUT2D eigenvalue weighted by atomic mass is 16.5. The van der Waals surface area contributed by atoms with Gasteiger partial charge in [0.1, 0.15) is 5.75 Å². The van der Waals surface area contributed by atoms with E-state index < -0.39 is 0 Å². The van der Waals surface area contributed by atoms with Crippen molar-refractivity contribution >= 4 is 11.6 Å². The second-order valence-electron chi connectivity index (χ2n) is 4.10. The zero-order valence-corrected chi connectivity index (χ0v) is 11.1. The van der Waals surface area contributed by atoms with E-state index in [-0.39, 0.29) is 5.91 Å². The van der Waals surface area contributed by atoms with Gasteiger partial charge in [-0.3, -0.25) is 15.6 Å². The SMILES string of the molecule is COc1ccc(CNC(=O)c2cnccc2NN)cc1. The van der Waals surface area contributed by atoms with Crippen LogP contribution in [0, 0.1) is 0 Å². The minimum atomic E-state index is -0.234. The molecule has 0 radical (unpaired) electrons. The molecule has 6 nitrogen and oxygen atoms in total. The second-order valence-corrected chi connectivity index (χ2v) is 4.10. The normalized spacial score (nSPS) is 9.90. The Hall–Kier alpha value is -2.60. The van der Waals surface area contributed by atoms with Crippen LogP contribution in [0.5, 0.6) is 5.75 Å². The molecule has 1 aromatic carbocycles. The Morgan fingerprint density at radius 2 is 2.05 bits per heavy atom. The molecule has 0 atom stereocenters. The predicted octanol–water partition coefficient (Wildman–Crippen LogP) is 1.31. The van der Waals surface area contributed by atoms with Gasteiger partial charge in [0.15, 0.2) is 0 Å². The van der Waals surface area contributed by atoms with Crippen LogP contribution < -0.4 is 21.3 Å². The van der Waals surface area contributed by atoms with E-state index in [1.807, 2.05) is 24.3 Å². The molecule has 1 heterocycles. The molecule has 20 heavy (non-hydrogen) atoms. The fourth-order valence-electron chi connectivity index (χ4n) is 1.72. The van der Waals surface area contributed by atoms with E-state index >= 15 is 0 Å². The maximum absolute atomic E-state index is 12.0. The Balaban J connectivity index is 2.01. The molecular formula is C14H16N4O2. The average molecular weight is 272 g/mol. The number of nitrogen functional groups attached to an aromatic ring is 1. The van der Waals surface area contributed by atoms with Crippen LogP contribution in [0.1, 0.15) is 15.9 Å². The highest BCUT2D eigenvalue weighted by molar-refractivity contribution is 5.99. The summed E-state index contributed by atoms with van der Waals surface area (Å²) in [5.74, 6) is 5.90. The van der Waals surface area contributed by atoms with E-state index in [1.165, 1.54) is 6.20 Å². The molecule has 0 saturated carbocycles. The predicted molar refractivity (Wildman–Crippen MR) is 76.2 cm³/mol. The van der Waals surface area contributed by atoms with E-state index in [9.17, 15) is 4.79 Å². The van der Waals surface area contributed by atoms with Gasteiger partial charge in [0.05, 0.1) is 18.4 Å². The van der Waals surface area contributed by atoms with E-state index in [0.717, 1.165) is 11.3 Å². The number of carbonyl (C=O) groups excluding carboxylic acids is 1. The van der Waals surface area contributed by atoms with E-state index in [0.29, 0.717) is 17.8 Å². The third kappa shape index (κ3) is 3.24. The molecule has 0 saturated heterocycles. The number of nitrogens with zero attached hydrogens (tertiary/aromatic N) is 1. The molecule has 104 valence electrons. The van der Waals surface area contributed by atoms with Crippen molar-refractivity contribution < 1.29 is 9.53 Å². The summed E-state index contributed by atoms with van der Waals surface area (Å²) >= 11 is 0. The van der Waals surface area contributed by atoms with Crippen molar-refractivity contribution in [3.8, 4) is 5.75 Å². The van der Waals surface area contributed by atoms with Crippen LogP contribution in [-0.2, 0) is 6.54 Å². The van der Waals surface area contributed by atoms with Crippen LogP contribution in [0.15, 0.2) is 42.7 Å². The van der Waals surface area contributed by atoms with Crippen molar-refractivity contribution in [2.75, 3.05) is 12.5 Å². The van der Waals surface area contributed by atoms with Crippen molar-refractivity contribution in [3.05, 3.63) is 53.9 Å². The van der Waals surface area contributed by atoms with Crippen molar-refractivity contribution in [2.24, 2.45) is 5.84 Å². The number of aromatic nitrogens is 1. The molecule has 2 aromatic rings. The van der Waals surface area contributed by atoms with E-state index in [2.05, 4.69) is 15.7 Å². The zero-order chi connectivity index (χ0) is 14.4. The van der Waals surface area contributed by atoms with Gasteiger partial charge in [0, 0.05) is 18.9 Å². The van der Waals surface area contributed by atoms with Gasteiger partial charge < -0.3 is 15.5 Å². The average Bonchev–Trinajstić information content (AvgIpc) is 2.53. The minimum absolute atomic E-state index is 0.234. The summed E-state index contributed by atoms with van der Waals surface area (Å²) in [6, 6.07) is 9.12. The zero-order valence-electron chi connectivity index (χ0n) is 11.1. The lowest BCUT2D eigenvalue weighted by molar-refractivity contribution is 0.0951. The summed E-state index contributed by atoms with van der Waals surface area (Å²) in [6.45, 7) is 0.418. The lowest BCUT2D eigenvalue weighted by Gasteiger charge is -2.09. The molecule has 1 amide bonds. The Morgan fingerprint density at radius 3 is 2.70 bits per heavy atom. The number of nitrogens with two attached hydrogens (primary N) is 1. The molecule has 0 aliphatic rings. The van der Waals surface area contributed by atoms with Crippen LogP contribution in [0.3, 0.4) is 0 Å². The minimum Gasteiger partial charge on any atom is -0.497 e. The van der Waals surface area contributed by atoms with Gasteiger partial charge in [-0.05, 0) is 23.8 Å². The fraction of sp³-hybridized carbons (Fsp3) is 0.143. The van der Waals surface area contributed by atoms with Gasteiger partial charge in [-0.1, -0.05) is 12.1 Å². The molecule has 0 unspecified atom stereocenters. The number of carbonyl (C=O) groups is 1. The summed E-state index contributed by atoms with van der Waals surface area (Å²) < 4.78 is 5.08. The van der Waals surface area contributed by atoms with Gasteiger partial charge >= 0.3 is 0 Å². The number of nitrogens with one attached hydrogen (secondary N) is 2. The smallest absolute Gasteiger partial charge is 0.255 e. The maximum atomic E-state index is 12.0. The first-order valence-corrected chi connectivity index (χ1v) is 6.06. The summed E-state index contributed by atoms with van der Waals surface area (Å²) in [5, 5.41) is 2.81. The second kappa shape index (κ2) is 6.53. The number of hydrogen-bond donors (Lipinski definition) is 3. The molecular weight excluding hydrogens is 256 g/mol. The Labute approximate surface area is 116 Å². The third-order valence-electron chi connectivity index (χ3n) is 2.83. The number of hydrazine groups is 1. The molecule has 0 fully saturated rings. The van der Waals surface area contributed by atoms with Crippen molar-refractivity contribution in [1.29, 1.82) is 0 Å². The summed E-state index contributed by atoms with van der Waals surface area (Å²) in [7, 11) is 1.61. The van der Waals surface area contributed by atoms with Gasteiger partial charge in [-0.15, -0.1) is 0 Å². The summed E-state index contributed by atoms with van der Waals surface area (Å²) in [4.78, 5) is 16.0. The van der Waals surface area contributed by atoms with Crippen LogP contribution in [-0.4, -0.2) is 18.0 Å². The molecule has 6 heteroatoms. The highest BCUT2D eigenvalue weighted by Crippen LogP contribution is 2.13. The van der Waals surface area contributed by atoms with Crippen molar-refractivity contribution in [3.63, 3.8) is 0 Å². The number of benzene rings is 1. The molecule has 2 rings (SSSR count). The molecule has 0 aliphatic heterocycles. The van der Waals surface area contributed by atoms with Crippen molar-refractivity contribution in [1.82, 2.24) is 10.3 Å². The summed E-state index contributed by atoms with van der Waals surface area (Å²) in [6.07, 6.45) is 3.04. The quantitative estimate of drug-likeness (QED) is 0.564. The number of pyridine rings is 1. The molecule has 1 aromatic heterocycles.